The lowest BCUT2D eigenvalue weighted by Crippen LogP contribution is -2.28. The second-order valence-electron chi connectivity index (χ2n) is 4.90. The van der Waals surface area contributed by atoms with Gasteiger partial charge < -0.3 is 4.90 Å². The van der Waals surface area contributed by atoms with Crippen LogP contribution < -0.4 is 10.5 Å². The second kappa shape index (κ2) is 5.58. The number of nitriles is 1. The molecule has 1 aliphatic heterocycles. The van der Waals surface area contributed by atoms with Crippen molar-refractivity contribution in [2.45, 2.75) is 12.8 Å². The van der Waals surface area contributed by atoms with Gasteiger partial charge in [0.05, 0.1) is 5.69 Å². The molecular formula is C15H13ClN4O. The third-order valence-electron chi connectivity index (χ3n) is 3.57. The normalized spacial score (nSPS) is 14.2. The van der Waals surface area contributed by atoms with Crippen molar-refractivity contribution >= 4 is 17.4 Å². The van der Waals surface area contributed by atoms with E-state index in [1.165, 1.54) is 10.9 Å². The second-order valence-corrected chi connectivity index (χ2v) is 5.34. The maximum Gasteiger partial charge on any atom is 0.278 e. The maximum atomic E-state index is 12.5. The summed E-state index contributed by atoms with van der Waals surface area (Å²) < 4.78 is 1.37. The average molecular weight is 301 g/mol. The van der Waals surface area contributed by atoms with Gasteiger partial charge in [0.2, 0.25) is 0 Å². The van der Waals surface area contributed by atoms with Gasteiger partial charge in [-0.05, 0) is 37.1 Å². The van der Waals surface area contributed by atoms with Crippen molar-refractivity contribution in [2.24, 2.45) is 0 Å². The molecular weight excluding hydrogens is 288 g/mol. The smallest absolute Gasteiger partial charge is 0.278 e. The van der Waals surface area contributed by atoms with Crippen LogP contribution in [0.1, 0.15) is 18.4 Å². The zero-order valence-electron chi connectivity index (χ0n) is 11.3. The maximum absolute atomic E-state index is 12.5. The molecule has 0 unspecified atom stereocenters. The zero-order valence-corrected chi connectivity index (χ0v) is 12.0. The molecule has 21 heavy (non-hydrogen) atoms. The molecule has 0 amide bonds. The van der Waals surface area contributed by atoms with Gasteiger partial charge in [0, 0.05) is 18.1 Å². The van der Waals surface area contributed by atoms with E-state index >= 15 is 0 Å². The van der Waals surface area contributed by atoms with E-state index in [2.05, 4.69) is 4.98 Å². The Morgan fingerprint density at radius 2 is 1.86 bits per heavy atom. The quantitative estimate of drug-likeness (QED) is 0.854. The van der Waals surface area contributed by atoms with Gasteiger partial charge in [-0.15, -0.1) is 0 Å². The van der Waals surface area contributed by atoms with Crippen LogP contribution in [0, 0.1) is 11.3 Å². The molecule has 0 aliphatic carbocycles. The Bertz CT molecular complexity index is 755. The van der Waals surface area contributed by atoms with E-state index in [0.717, 1.165) is 25.9 Å². The van der Waals surface area contributed by atoms with E-state index in [4.69, 9.17) is 11.6 Å². The van der Waals surface area contributed by atoms with Crippen molar-refractivity contribution in [2.75, 3.05) is 18.0 Å². The SMILES string of the molecule is N#Cc1c(N2CCCC2)ncn(-c2ccc(Cl)cc2)c1=O. The third kappa shape index (κ3) is 2.50. The molecule has 1 aromatic carbocycles. The van der Waals surface area contributed by atoms with Crippen LogP contribution in [-0.2, 0) is 0 Å². The molecule has 6 heteroatoms. The molecule has 1 aromatic heterocycles. The lowest BCUT2D eigenvalue weighted by Gasteiger charge is -2.18. The van der Waals surface area contributed by atoms with Crippen LogP contribution in [0.2, 0.25) is 5.02 Å². The van der Waals surface area contributed by atoms with Gasteiger partial charge in [0.25, 0.3) is 5.56 Å². The van der Waals surface area contributed by atoms with E-state index < -0.39 is 0 Å². The standard InChI is InChI=1S/C15H13ClN4O/c16-11-3-5-12(6-4-11)20-10-18-14(13(9-17)15(20)21)19-7-1-2-8-19/h3-6,10H,1-2,7-8H2. The Kier molecular flexibility index (Phi) is 3.63. The molecule has 2 heterocycles. The first-order valence-electron chi connectivity index (χ1n) is 6.73. The number of anilines is 1. The summed E-state index contributed by atoms with van der Waals surface area (Å²) in [4.78, 5) is 18.8. The zero-order chi connectivity index (χ0) is 14.8. The van der Waals surface area contributed by atoms with Gasteiger partial charge in [-0.2, -0.15) is 5.26 Å². The fourth-order valence-electron chi connectivity index (χ4n) is 2.50. The van der Waals surface area contributed by atoms with Crippen LogP contribution >= 0.6 is 11.6 Å². The highest BCUT2D eigenvalue weighted by Crippen LogP contribution is 2.20. The van der Waals surface area contributed by atoms with Crippen molar-refractivity contribution < 1.29 is 0 Å². The summed E-state index contributed by atoms with van der Waals surface area (Å²) in [5, 5.41) is 9.92. The third-order valence-corrected chi connectivity index (χ3v) is 3.83. The first-order valence-corrected chi connectivity index (χ1v) is 7.11. The highest BCUT2D eigenvalue weighted by Gasteiger charge is 2.20. The highest BCUT2D eigenvalue weighted by atomic mass is 35.5. The molecule has 0 spiro atoms. The van der Waals surface area contributed by atoms with Crippen molar-refractivity contribution in [1.82, 2.24) is 9.55 Å². The number of hydrogen-bond donors (Lipinski definition) is 0. The molecule has 2 aromatic rings. The van der Waals surface area contributed by atoms with Crippen LogP contribution in [0.15, 0.2) is 35.4 Å². The number of halogens is 1. The number of aromatic nitrogens is 2. The van der Waals surface area contributed by atoms with Crippen LogP contribution in [0.4, 0.5) is 5.82 Å². The fourth-order valence-corrected chi connectivity index (χ4v) is 2.62. The fraction of sp³-hybridized carbons (Fsp3) is 0.267. The molecule has 0 radical (unpaired) electrons. The number of hydrogen-bond acceptors (Lipinski definition) is 4. The minimum atomic E-state index is -0.350. The van der Waals surface area contributed by atoms with E-state index in [-0.39, 0.29) is 11.1 Å². The number of benzene rings is 1. The lowest BCUT2D eigenvalue weighted by atomic mass is 10.2. The average Bonchev–Trinajstić information content (AvgIpc) is 3.02. The predicted octanol–water partition coefficient (Wildman–Crippen LogP) is 2.36. The highest BCUT2D eigenvalue weighted by molar-refractivity contribution is 6.30. The van der Waals surface area contributed by atoms with Crippen molar-refractivity contribution in [1.29, 1.82) is 5.26 Å². The van der Waals surface area contributed by atoms with Crippen molar-refractivity contribution in [3.8, 4) is 11.8 Å². The molecule has 1 saturated heterocycles. The molecule has 106 valence electrons. The molecule has 0 saturated carbocycles. The van der Waals surface area contributed by atoms with Gasteiger partial charge in [0.1, 0.15) is 12.4 Å². The first kappa shape index (κ1) is 13.7. The summed E-state index contributed by atoms with van der Waals surface area (Å²) in [6, 6.07) is 8.84. The van der Waals surface area contributed by atoms with Crippen LogP contribution in [-0.4, -0.2) is 22.6 Å². The predicted molar refractivity (Wildman–Crippen MR) is 81.0 cm³/mol. The van der Waals surface area contributed by atoms with E-state index in [9.17, 15) is 10.1 Å². The van der Waals surface area contributed by atoms with Crippen LogP contribution in [0.3, 0.4) is 0 Å². The summed E-state index contributed by atoms with van der Waals surface area (Å²) in [5.74, 6) is 0.491. The van der Waals surface area contributed by atoms with Gasteiger partial charge in [-0.1, -0.05) is 11.6 Å². The van der Waals surface area contributed by atoms with E-state index in [1.54, 1.807) is 24.3 Å². The summed E-state index contributed by atoms with van der Waals surface area (Å²) >= 11 is 5.85. The topological polar surface area (TPSA) is 61.9 Å². The van der Waals surface area contributed by atoms with E-state index in [1.807, 2.05) is 11.0 Å². The Hall–Kier alpha value is -2.32. The van der Waals surface area contributed by atoms with Gasteiger partial charge in [0.15, 0.2) is 11.4 Å². The Balaban J connectivity index is 2.10. The molecule has 0 atom stereocenters. The van der Waals surface area contributed by atoms with Gasteiger partial charge in [-0.3, -0.25) is 9.36 Å². The molecule has 0 N–H and O–H groups in total. The van der Waals surface area contributed by atoms with Gasteiger partial charge >= 0.3 is 0 Å². The van der Waals surface area contributed by atoms with Crippen LogP contribution in [0.5, 0.6) is 0 Å². The minimum absolute atomic E-state index is 0.0920. The number of nitrogens with zero attached hydrogens (tertiary/aromatic N) is 4. The largest absolute Gasteiger partial charge is 0.355 e. The van der Waals surface area contributed by atoms with Crippen molar-refractivity contribution in [3.05, 3.63) is 51.5 Å². The Morgan fingerprint density at radius 1 is 1.19 bits per heavy atom. The van der Waals surface area contributed by atoms with Gasteiger partial charge in [-0.25, -0.2) is 4.98 Å². The molecule has 5 nitrogen and oxygen atoms in total. The lowest BCUT2D eigenvalue weighted by molar-refractivity contribution is 0.872. The first-order chi connectivity index (χ1) is 10.2. The molecule has 3 rings (SSSR count). The Labute approximate surface area is 127 Å². The Morgan fingerprint density at radius 3 is 2.48 bits per heavy atom. The van der Waals surface area contributed by atoms with Crippen molar-refractivity contribution in [3.63, 3.8) is 0 Å². The monoisotopic (exact) mass is 300 g/mol. The summed E-state index contributed by atoms with van der Waals surface area (Å²) in [6.07, 6.45) is 3.60. The number of rotatable bonds is 2. The minimum Gasteiger partial charge on any atom is -0.355 e. The summed E-state index contributed by atoms with van der Waals surface area (Å²) in [7, 11) is 0. The summed E-state index contributed by atoms with van der Waals surface area (Å²) in [6.45, 7) is 1.68. The van der Waals surface area contributed by atoms with E-state index in [0.29, 0.717) is 16.5 Å². The molecule has 1 fully saturated rings. The molecule has 0 bridgehead atoms. The molecule has 1 aliphatic rings. The summed E-state index contributed by atoms with van der Waals surface area (Å²) in [5.41, 5.74) is 0.382. The van der Waals surface area contributed by atoms with Crippen LogP contribution in [0.25, 0.3) is 5.69 Å².